The van der Waals surface area contributed by atoms with Gasteiger partial charge in [-0.05, 0) is 55.7 Å². The first-order valence-electron chi connectivity index (χ1n) is 12.1. The van der Waals surface area contributed by atoms with E-state index in [1.54, 1.807) is 17.1 Å². The van der Waals surface area contributed by atoms with Crippen LogP contribution in [0.5, 0.6) is 0 Å². The standard InChI is InChI=1S/C29H27FN4O2S/c1-17-4-7-21(8-5-17)25-15-24(20-9-11-22(30)12-10-20)33-34(25)29-32-28(36)26(37-29)16-27(35)31-23-13-6-18(2)14-19(23)3/h4-14,25-26H,15-16H2,1-3H3,(H,31,35). The van der Waals surface area contributed by atoms with Crippen LogP contribution in [0.15, 0.2) is 76.8 Å². The number of benzene rings is 3. The van der Waals surface area contributed by atoms with E-state index < -0.39 is 5.25 Å². The number of carbonyl (C=O) groups is 2. The predicted octanol–water partition coefficient (Wildman–Crippen LogP) is 5.93. The summed E-state index contributed by atoms with van der Waals surface area (Å²) in [7, 11) is 0. The summed E-state index contributed by atoms with van der Waals surface area (Å²) >= 11 is 1.26. The minimum atomic E-state index is -0.621. The van der Waals surface area contributed by atoms with Crippen LogP contribution in [0.2, 0.25) is 0 Å². The van der Waals surface area contributed by atoms with Crippen LogP contribution in [-0.4, -0.2) is 33.0 Å². The van der Waals surface area contributed by atoms with E-state index in [-0.39, 0.29) is 30.1 Å². The van der Waals surface area contributed by atoms with Gasteiger partial charge in [0.15, 0.2) is 5.17 Å². The molecule has 2 atom stereocenters. The van der Waals surface area contributed by atoms with Crippen LogP contribution in [0, 0.1) is 26.6 Å². The number of rotatable bonds is 5. The fourth-order valence-corrected chi connectivity index (χ4v) is 5.54. The van der Waals surface area contributed by atoms with Crippen LogP contribution >= 0.6 is 11.8 Å². The number of amides is 2. The van der Waals surface area contributed by atoms with Crippen molar-refractivity contribution in [3.63, 3.8) is 0 Å². The maximum absolute atomic E-state index is 13.5. The van der Waals surface area contributed by atoms with Gasteiger partial charge in [0.05, 0.1) is 11.8 Å². The van der Waals surface area contributed by atoms with E-state index in [1.807, 2.05) is 63.2 Å². The zero-order valence-electron chi connectivity index (χ0n) is 20.9. The molecule has 2 amide bonds. The van der Waals surface area contributed by atoms with E-state index in [1.165, 1.54) is 23.9 Å². The number of carbonyl (C=O) groups excluding carboxylic acids is 2. The largest absolute Gasteiger partial charge is 0.326 e. The number of aryl methyl sites for hydroxylation is 3. The van der Waals surface area contributed by atoms with Crippen molar-refractivity contribution in [3.8, 4) is 0 Å². The van der Waals surface area contributed by atoms with Crippen LogP contribution in [-0.2, 0) is 9.59 Å². The minimum absolute atomic E-state index is 0.0153. The molecule has 37 heavy (non-hydrogen) atoms. The van der Waals surface area contributed by atoms with Crippen LogP contribution in [0.25, 0.3) is 0 Å². The molecule has 0 aromatic heterocycles. The average Bonchev–Trinajstić information content (AvgIpc) is 3.46. The first-order valence-corrected chi connectivity index (χ1v) is 13.0. The van der Waals surface area contributed by atoms with Crippen molar-refractivity contribution < 1.29 is 14.0 Å². The van der Waals surface area contributed by atoms with E-state index >= 15 is 0 Å². The molecule has 188 valence electrons. The zero-order chi connectivity index (χ0) is 26.1. The van der Waals surface area contributed by atoms with E-state index in [4.69, 9.17) is 5.10 Å². The van der Waals surface area contributed by atoms with Crippen molar-refractivity contribution in [2.75, 3.05) is 5.32 Å². The molecule has 0 saturated heterocycles. The topological polar surface area (TPSA) is 74.1 Å². The normalized spacial score (nSPS) is 19.1. The summed E-state index contributed by atoms with van der Waals surface area (Å²) in [5.41, 5.74) is 6.61. The van der Waals surface area contributed by atoms with Crippen molar-refractivity contribution in [1.82, 2.24) is 5.01 Å². The Labute approximate surface area is 219 Å². The highest BCUT2D eigenvalue weighted by atomic mass is 32.2. The van der Waals surface area contributed by atoms with Crippen LogP contribution in [0.3, 0.4) is 0 Å². The number of hydrogen-bond acceptors (Lipinski definition) is 5. The van der Waals surface area contributed by atoms with Gasteiger partial charge in [-0.15, -0.1) is 0 Å². The van der Waals surface area contributed by atoms with Crippen molar-refractivity contribution in [3.05, 3.63) is 100 Å². The molecule has 0 spiro atoms. The number of amidine groups is 1. The zero-order valence-corrected chi connectivity index (χ0v) is 21.7. The molecule has 1 N–H and O–H groups in total. The van der Waals surface area contributed by atoms with E-state index in [2.05, 4.69) is 10.3 Å². The minimum Gasteiger partial charge on any atom is -0.326 e. The molecule has 5 rings (SSSR count). The summed E-state index contributed by atoms with van der Waals surface area (Å²) in [6.45, 7) is 5.96. The fraction of sp³-hybridized carbons (Fsp3) is 0.241. The Kier molecular flexibility index (Phi) is 6.93. The Morgan fingerprint density at radius 2 is 1.73 bits per heavy atom. The summed E-state index contributed by atoms with van der Waals surface area (Å²) in [4.78, 5) is 29.9. The number of hydrazone groups is 1. The summed E-state index contributed by atoms with van der Waals surface area (Å²) in [6.07, 6.45) is 0.599. The quantitative estimate of drug-likeness (QED) is 0.458. The lowest BCUT2D eigenvalue weighted by Crippen LogP contribution is -2.25. The lowest BCUT2D eigenvalue weighted by atomic mass is 9.98. The molecule has 2 aliphatic rings. The fourth-order valence-electron chi connectivity index (χ4n) is 4.48. The molecule has 2 unspecified atom stereocenters. The molecular weight excluding hydrogens is 487 g/mol. The lowest BCUT2D eigenvalue weighted by Gasteiger charge is -2.23. The van der Waals surface area contributed by atoms with Crippen LogP contribution in [0.1, 0.15) is 46.7 Å². The van der Waals surface area contributed by atoms with Gasteiger partial charge < -0.3 is 5.32 Å². The Bertz CT molecular complexity index is 1420. The molecule has 0 radical (unpaired) electrons. The molecule has 6 nitrogen and oxygen atoms in total. The number of nitrogens with one attached hydrogen (secondary N) is 1. The molecule has 0 saturated carbocycles. The Morgan fingerprint density at radius 1 is 1.03 bits per heavy atom. The Morgan fingerprint density at radius 3 is 2.43 bits per heavy atom. The van der Waals surface area contributed by atoms with Gasteiger partial charge >= 0.3 is 0 Å². The maximum Gasteiger partial charge on any atom is 0.262 e. The smallest absolute Gasteiger partial charge is 0.262 e. The second-order valence-corrected chi connectivity index (χ2v) is 10.6. The summed E-state index contributed by atoms with van der Waals surface area (Å²) in [5.74, 6) is -0.886. The lowest BCUT2D eigenvalue weighted by molar-refractivity contribution is -0.121. The van der Waals surface area contributed by atoms with E-state index in [9.17, 15) is 14.0 Å². The SMILES string of the molecule is Cc1ccc(C2CC(c3ccc(F)cc3)=NN2C2=NC(=O)C(CC(=O)Nc3ccc(C)cc3C)S2)cc1. The number of aliphatic imine (C=N–C) groups is 1. The third kappa shape index (κ3) is 5.49. The molecule has 0 fully saturated rings. The molecule has 2 heterocycles. The average molecular weight is 515 g/mol. The third-order valence-corrected chi connectivity index (χ3v) is 7.64. The van der Waals surface area contributed by atoms with Crippen molar-refractivity contribution >= 4 is 40.1 Å². The van der Waals surface area contributed by atoms with E-state index in [0.29, 0.717) is 11.6 Å². The molecule has 3 aromatic carbocycles. The van der Waals surface area contributed by atoms with Gasteiger partial charge in [-0.2, -0.15) is 10.1 Å². The Hall–Kier alpha value is -3.78. The van der Waals surface area contributed by atoms with Gasteiger partial charge in [-0.3, -0.25) is 9.59 Å². The van der Waals surface area contributed by atoms with Gasteiger partial charge in [0, 0.05) is 18.5 Å². The molecular formula is C29H27FN4O2S. The molecule has 0 bridgehead atoms. The maximum atomic E-state index is 13.5. The number of halogens is 1. The first kappa shape index (κ1) is 24.9. The second kappa shape index (κ2) is 10.3. The van der Waals surface area contributed by atoms with Crippen LogP contribution in [0.4, 0.5) is 10.1 Å². The summed E-state index contributed by atoms with van der Waals surface area (Å²) < 4.78 is 13.5. The summed E-state index contributed by atoms with van der Waals surface area (Å²) in [6, 6.07) is 20.1. The third-order valence-electron chi connectivity index (χ3n) is 6.50. The van der Waals surface area contributed by atoms with Crippen molar-refractivity contribution in [2.45, 2.75) is 44.9 Å². The number of hydrogen-bond donors (Lipinski definition) is 1. The number of anilines is 1. The van der Waals surface area contributed by atoms with Gasteiger partial charge in [0.2, 0.25) is 5.91 Å². The molecule has 0 aliphatic carbocycles. The molecule has 2 aliphatic heterocycles. The van der Waals surface area contributed by atoms with E-state index in [0.717, 1.165) is 39.2 Å². The Balaban J connectivity index is 1.35. The highest BCUT2D eigenvalue weighted by Gasteiger charge is 2.39. The van der Waals surface area contributed by atoms with Crippen molar-refractivity contribution in [2.24, 2.45) is 10.1 Å². The highest BCUT2D eigenvalue weighted by molar-refractivity contribution is 8.15. The second-order valence-electron chi connectivity index (χ2n) is 9.44. The molecule has 8 heteroatoms. The number of thioether (sulfide) groups is 1. The van der Waals surface area contributed by atoms with Gasteiger partial charge in [0.1, 0.15) is 11.1 Å². The van der Waals surface area contributed by atoms with Crippen LogP contribution < -0.4 is 5.32 Å². The number of nitrogens with zero attached hydrogens (tertiary/aromatic N) is 3. The predicted molar refractivity (Wildman–Crippen MR) is 146 cm³/mol. The summed E-state index contributed by atoms with van der Waals surface area (Å²) in [5, 5.41) is 9.34. The van der Waals surface area contributed by atoms with Gasteiger partial charge in [-0.25, -0.2) is 9.40 Å². The van der Waals surface area contributed by atoms with Gasteiger partial charge in [-0.1, -0.05) is 71.4 Å². The monoisotopic (exact) mass is 514 g/mol. The molecule has 3 aromatic rings. The van der Waals surface area contributed by atoms with Gasteiger partial charge in [0.25, 0.3) is 5.91 Å². The van der Waals surface area contributed by atoms with Crippen molar-refractivity contribution in [1.29, 1.82) is 0 Å². The first-order chi connectivity index (χ1) is 17.8. The highest BCUT2D eigenvalue weighted by Crippen LogP contribution is 2.38.